The van der Waals surface area contributed by atoms with E-state index < -0.39 is 12.1 Å². The van der Waals surface area contributed by atoms with E-state index in [0.717, 1.165) is 32.5 Å². The standard InChI is InChI=1S/C25H35N3O4/c29-23(19-32-20-9-3-1-4-10-20)21-11-7-17-28(21)25(31)22-12-8-16-27(22)24(30)13-18-26-14-5-2-6-15-26/h1,3-4,9-10,21-22H,2,5-8,11-19H2/t21-,22-/m0/s1. The maximum absolute atomic E-state index is 13.4. The maximum Gasteiger partial charge on any atom is 0.245 e. The van der Waals surface area contributed by atoms with Crippen LogP contribution in [0, 0.1) is 0 Å². The molecule has 0 bridgehead atoms. The highest BCUT2D eigenvalue weighted by Gasteiger charge is 2.41. The number of piperidine rings is 1. The number of carbonyl (C=O) groups excluding carboxylic acids is 3. The number of hydrogen-bond acceptors (Lipinski definition) is 5. The van der Waals surface area contributed by atoms with E-state index in [2.05, 4.69) is 4.90 Å². The Labute approximate surface area is 190 Å². The molecule has 2 atom stereocenters. The Hall–Kier alpha value is -2.41. The average molecular weight is 442 g/mol. The van der Waals surface area contributed by atoms with Gasteiger partial charge in [0, 0.05) is 26.1 Å². The van der Waals surface area contributed by atoms with Crippen LogP contribution < -0.4 is 4.74 Å². The molecule has 0 spiro atoms. The number of rotatable bonds is 8. The Morgan fingerprint density at radius 3 is 2.25 bits per heavy atom. The Morgan fingerprint density at radius 1 is 0.812 bits per heavy atom. The molecule has 0 aromatic heterocycles. The first-order chi connectivity index (χ1) is 15.6. The van der Waals surface area contributed by atoms with Crippen LogP contribution >= 0.6 is 0 Å². The van der Waals surface area contributed by atoms with Gasteiger partial charge in [0.15, 0.2) is 5.78 Å². The van der Waals surface area contributed by atoms with Crippen LogP contribution in [-0.2, 0) is 14.4 Å². The second-order valence-electron chi connectivity index (χ2n) is 9.16. The number of carbonyl (C=O) groups is 3. The van der Waals surface area contributed by atoms with Gasteiger partial charge in [0.25, 0.3) is 0 Å². The molecule has 0 radical (unpaired) electrons. The van der Waals surface area contributed by atoms with Gasteiger partial charge in [0.1, 0.15) is 18.4 Å². The van der Waals surface area contributed by atoms with E-state index in [4.69, 9.17) is 4.74 Å². The molecular formula is C25H35N3O4. The lowest BCUT2D eigenvalue weighted by atomic mass is 10.1. The Morgan fingerprint density at radius 2 is 1.50 bits per heavy atom. The number of amides is 2. The first-order valence-electron chi connectivity index (χ1n) is 12.2. The fourth-order valence-corrected chi connectivity index (χ4v) is 5.23. The molecule has 0 saturated carbocycles. The molecule has 0 aliphatic carbocycles. The first-order valence-corrected chi connectivity index (χ1v) is 12.2. The van der Waals surface area contributed by atoms with Crippen molar-refractivity contribution in [3.05, 3.63) is 30.3 Å². The van der Waals surface area contributed by atoms with Crippen LogP contribution in [0.1, 0.15) is 51.4 Å². The van der Waals surface area contributed by atoms with Gasteiger partial charge in [0.2, 0.25) is 11.8 Å². The Bertz CT molecular complexity index is 794. The molecule has 3 aliphatic rings. The molecule has 1 aromatic carbocycles. The van der Waals surface area contributed by atoms with Crippen LogP contribution in [0.4, 0.5) is 0 Å². The summed E-state index contributed by atoms with van der Waals surface area (Å²) in [5, 5.41) is 0. The fourth-order valence-electron chi connectivity index (χ4n) is 5.23. The van der Waals surface area contributed by atoms with Crippen molar-refractivity contribution in [2.24, 2.45) is 0 Å². The van der Waals surface area contributed by atoms with Gasteiger partial charge in [-0.1, -0.05) is 24.6 Å². The number of ketones is 1. The van der Waals surface area contributed by atoms with Crippen molar-refractivity contribution in [1.29, 1.82) is 0 Å². The summed E-state index contributed by atoms with van der Waals surface area (Å²) in [5.41, 5.74) is 0. The minimum absolute atomic E-state index is 0.0401. The second-order valence-corrected chi connectivity index (χ2v) is 9.16. The van der Waals surface area contributed by atoms with Crippen molar-refractivity contribution in [3.63, 3.8) is 0 Å². The third-order valence-electron chi connectivity index (χ3n) is 6.98. The van der Waals surface area contributed by atoms with Crippen LogP contribution in [0.5, 0.6) is 5.75 Å². The molecule has 3 aliphatic heterocycles. The van der Waals surface area contributed by atoms with Crippen molar-refractivity contribution in [2.45, 2.75) is 63.5 Å². The molecule has 174 valence electrons. The summed E-state index contributed by atoms with van der Waals surface area (Å²) in [5.74, 6) is 0.587. The lowest BCUT2D eigenvalue weighted by Crippen LogP contribution is -2.51. The van der Waals surface area contributed by atoms with E-state index in [1.54, 1.807) is 9.80 Å². The van der Waals surface area contributed by atoms with Gasteiger partial charge < -0.3 is 19.4 Å². The number of nitrogens with zero attached hydrogens (tertiary/aromatic N) is 3. The van der Waals surface area contributed by atoms with E-state index in [9.17, 15) is 14.4 Å². The Balaban J connectivity index is 1.31. The molecule has 1 aromatic rings. The van der Waals surface area contributed by atoms with E-state index in [0.29, 0.717) is 38.1 Å². The zero-order valence-corrected chi connectivity index (χ0v) is 18.9. The summed E-state index contributed by atoms with van der Waals surface area (Å²) >= 11 is 0. The molecular weight excluding hydrogens is 406 g/mol. The largest absolute Gasteiger partial charge is 0.486 e. The average Bonchev–Trinajstić information content (AvgIpc) is 3.52. The highest BCUT2D eigenvalue weighted by molar-refractivity contribution is 5.94. The van der Waals surface area contributed by atoms with Gasteiger partial charge in [0.05, 0.1) is 6.04 Å². The van der Waals surface area contributed by atoms with Gasteiger partial charge >= 0.3 is 0 Å². The molecule has 3 fully saturated rings. The molecule has 3 saturated heterocycles. The molecule has 32 heavy (non-hydrogen) atoms. The molecule has 3 heterocycles. The molecule has 0 unspecified atom stereocenters. The van der Waals surface area contributed by atoms with Crippen LogP contribution in [-0.4, -0.2) is 83.7 Å². The maximum atomic E-state index is 13.4. The number of likely N-dealkylation sites (tertiary alicyclic amines) is 3. The van der Waals surface area contributed by atoms with E-state index in [1.807, 2.05) is 30.3 Å². The van der Waals surface area contributed by atoms with E-state index in [1.165, 1.54) is 19.3 Å². The van der Waals surface area contributed by atoms with Crippen molar-refractivity contribution >= 4 is 17.6 Å². The molecule has 7 heteroatoms. The highest BCUT2D eigenvalue weighted by Crippen LogP contribution is 2.26. The zero-order valence-electron chi connectivity index (χ0n) is 18.9. The van der Waals surface area contributed by atoms with Crippen LogP contribution in [0.3, 0.4) is 0 Å². The number of ether oxygens (including phenoxy) is 1. The van der Waals surface area contributed by atoms with Gasteiger partial charge in [-0.25, -0.2) is 0 Å². The van der Waals surface area contributed by atoms with Gasteiger partial charge in [-0.2, -0.15) is 0 Å². The number of para-hydroxylation sites is 1. The summed E-state index contributed by atoms with van der Waals surface area (Å²) in [6.07, 6.45) is 7.16. The summed E-state index contributed by atoms with van der Waals surface area (Å²) in [6, 6.07) is 8.38. The minimum atomic E-state index is -0.447. The van der Waals surface area contributed by atoms with Crippen molar-refractivity contribution in [3.8, 4) is 5.75 Å². The quantitative estimate of drug-likeness (QED) is 0.620. The van der Waals surface area contributed by atoms with E-state index in [-0.39, 0.29) is 24.2 Å². The van der Waals surface area contributed by atoms with Crippen LogP contribution in [0.25, 0.3) is 0 Å². The number of benzene rings is 1. The summed E-state index contributed by atoms with van der Waals surface area (Å²) in [6.45, 7) is 4.09. The topological polar surface area (TPSA) is 70.2 Å². The van der Waals surface area contributed by atoms with Gasteiger partial charge in [-0.3, -0.25) is 14.4 Å². The zero-order chi connectivity index (χ0) is 22.3. The van der Waals surface area contributed by atoms with Crippen LogP contribution in [0.2, 0.25) is 0 Å². The predicted molar refractivity (Wildman–Crippen MR) is 121 cm³/mol. The lowest BCUT2D eigenvalue weighted by Gasteiger charge is -2.32. The van der Waals surface area contributed by atoms with Crippen molar-refractivity contribution in [2.75, 3.05) is 39.3 Å². The van der Waals surface area contributed by atoms with Gasteiger partial charge in [-0.05, 0) is 63.7 Å². The first kappa shape index (κ1) is 22.8. The SMILES string of the molecule is O=C(COc1ccccc1)[C@@H]1CCCN1C(=O)[C@@H]1CCCN1C(=O)CCN1CCCCC1. The third kappa shape index (κ3) is 5.49. The lowest BCUT2D eigenvalue weighted by molar-refractivity contribution is -0.146. The smallest absolute Gasteiger partial charge is 0.245 e. The molecule has 7 nitrogen and oxygen atoms in total. The monoisotopic (exact) mass is 441 g/mol. The van der Waals surface area contributed by atoms with Crippen molar-refractivity contribution < 1.29 is 19.1 Å². The summed E-state index contributed by atoms with van der Waals surface area (Å²) < 4.78 is 5.63. The normalized spacial score (nSPS) is 24.0. The van der Waals surface area contributed by atoms with E-state index >= 15 is 0 Å². The minimum Gasteiger partial charge on any atom is -0.486 e. The predicted octanol–water partition coefficient (Wildman–Crippen LogP) is 2.49. The van der Waals surface area contributed by atoms with Crippen molar-refractivity contribution in [1.82, 2.24) is 14.7 Å². The van der Waals surface area contributed by atoms with Crippen LogP contribution in [0.15, 0.2) is 30.3 Å². The second kappa shape index (κ2) is 10.9. The molecule has 0 N–H and O–H groups in total. The summed E-state index contributed by atoms with van der Waals surface area (Å²) in [7, 11) is 0. The molecule has 2 amide bonds. The van der Waals surface area contributed by atoms with Gasteiger partial charge in [-0.15, -0.1) is 0 Å². The fraction of sp³-hybridized carbons (Fsp3) is 0.640. The Kier molecular flexibility index (Phi) is 7.79. The highest BCUT2D eigenvalue weighted by atomic mass is 16.5. The third-order valence-corrected chi connectivity index (χ3v) is 6.98. The summed E-state index contributed by atoms with van der Waals surface area (Å²) in [4.78, 5) is 45.0. The molecule has 4 rings (SSSR count). The number of hydrogen-bond donors (Lipinski definition) is 0. The number of Topliss-reactive ketones (excluding diaryl/α,β-unsaturated/α-hetero) is 1.